The quantitative estimate of drug-likeness (QED) is 0.175. The van der Waals surface area contributed by atoms with Gasteiger partial charge in [-0.1, -0.05) is 92.6 Å². The maximum Gasteiger partial charge on any atom is 0.220 e. The molecule has 252 valence electrons. The number of hydrogen-bond donors (Lipinski definition) is 3. The van der Waals surface area contributed by atoms with Crippen LogP contribution in [0.15, 0.2) is 72.8 Å². The van der Waals surface area contributed by atoms with Crippen LogP contribution in [0.3, 0.4) is 0 Å². The molecular formula is C39H51N3O5. The van der Waals surface area contributed by atoms with Gasteiger partial charge in [0.15, 0.2) is 6.29 Å². The molecule has 0 spiro atoms. The Labute approximate surface area is 279 Å². The van der Waals surface area contributed by atoms with Crippen LogP contribution in [0.1, 0.15) is 93.4 Å². The number of aliphatic hydroxyl groups is 1. The van der Waals surface area contributed by atoms with E-state index in [9.17, 15) is 14.7 Å². The van der Waals surface area contributed by atoms with Crippen molar-refractivity contribution >= 4 is 11.8 Å². The molecule has 0 aromatic heterocycles. The van der Waals surface area contributed by atoms with E-state index in [0.29, 0.717) is 19.5 Å². The molecule has 3 aromatic carbocycles. The molecule has 8 nitrogen and oxygen atoms in total. The van der Waals surface area contributed by atoms with Crippen molar-refractivity contribution in [2.24, 2.45) is 5.92 Å². The fraction of sp³-hybridized carbons (Fsp3) is 0.487. The standard InChI is InChI=1S/C39H51N3O5/c1-28-36(26-42-23-9-4-10-24-42)46-39(47-38(28)32-16-14-30(27-43)15-17-32)33-20-18-31(19-21-33)35-12-7-6-11-34(35)25-41-37(45)13-5-3-8-22-40-29(2)44/h6-7,11-12,14-21,28,36,38-39,43H,3-5,8-10,13,22-27H2,1-2H3,(H,40,44)(H,41,45). The Morgan fingerprint density at radius 3 is 2.30 bits per heavy atom. The summed E-state index contributed by atoms with van der Waals surface area (Å²) in [7, 11) is 0. The van der Waals surface area contributed by atoms with Gasteiger partial charge in [0.05, 0.1) is 18.8 Å². The summed E-state index contributed by atoms with van der Waals surface area (Å²) < 4.78 is 13.4. The largest absolute Gasteiger partial charge is 0.392 e. The summed E-state index contributed by atoms with van der Waals surface area (Å²) >= 11 is 0. The lowest BCUT2D eigenvalue weighted by atomic mass is 9.89. The Bertz CT molecular complexity index is 1420. The van der Waals surface area contributed by atoms with E-state index in [1.54, 1.807) is 0 Å². The van der Waals surface area contributed by atoms with E-state index in [2.05, 4.69) is 71.0 Å². The average molecular weight is 642 g/mol. The number of aliphatic hydroxyl groups excluding tert-OH is 1. The summed E-state index contributed by atoms with van der Waals surface area (Å²) in [6, 6.07) is 24.7. The number of carbonyl (C=O) groups excluding carboxylic acids is 2. The van der Waals surface area contributed by atoms with Gasteiger partial charge in [0.25, 0.3) is 0 Å². The van der Waals surface area contributed by atoms with Crippen LogP contribution in [0, 0.1) is 5.92 Å². The molecule has 5 rings (SSSR count). The third-order valence-electron chi connectivity index (χ3n) is 9.45. The highest BCUT2D eigenvalue weighted by molar-refractivity contribution is 5.76. The number of ether oxygens (including phenoxy) is 2. The zero-order chi connectivity index (χ0) is 33.0. The van der Waals surface area contributed by atoms with E-state index in [0.717, 1.165) is 72.3 Å². The number of nitrogens with zero attached hydrogens (tertiary/aromatic N) is 1. The smallest absolute Gasteiger partial charge is 0.220 e. The highest BCUT2D eigenvalue weighted by Crippen LogP contribution is 2.42. The molecule has 4 atom stereocenters. The predicted octanol–water partition coefficient (Wildman–Crippen LogP) is 6.44. The van der Waals surface area contributed by atoms with Crippen LogP contribution in [0.4, 0.5) is 0 Å². The molecule has 2 saturated heterocycles. The van der Waals surface area contributed by atoms with Crippen molar-refractivity contribution in [3.63, 3.8) is 0 Å². The van der Waals surface area contributed by atoms with Gasteiger partial charge in [-0.3, -0.25) is 9.59 Å². The average Bonchev–Trinajstić information content (AvgIpc) is 3.10. The predicted molar refractivity (Wildman–Crippen MR) is 184 cm³/mol. The van der Waals surface area contributed by atoms with Gasteiger partial charge in [0.1, 0.15) is 0 Å². The monoisotopic (exact) mass is 641 g/mol. The first-order valence-electron chi connectivity index (χ1n) is 17.3. The molecule has 2 amide bonds. The Morgan fingerprint density at radius 1 is 0.851 bits per heavy atom. The first-order valence-corrected chi connectivity index (χ1v) is 17.3. The number of piperidine rings is 1. The van der Waals surface area contributed by atoms with Crippen molar-refractivity contribution in [1.82, 2.24) is 15.5 Å². The lowest BCUT2D eigenvalue weighted by Gasteiger charge is -2.43. The summed E-state index contributed by atoms with van der Waals surface area (Å²) in [5.74, 6) is 0.182. The lowest BCUT2D eigenvalue weighted by molar-refractivity contribution is -0.276. The SMILES string of the molecule is CC(=O)NCCCCCC(=O)NCc1ccccc1-c1ccc(C2OC(CN3CCCCC3)C(C)C(c3ccc(CO)cc3)O2)cc1. The molecule has 0 saturated carbocycles. The van der Waals surface area contributed by atoms with Crippen molar-refractivity contribution in [3.8, 4) is 11.1 Å². The van der Waals surface area contributed by atoms with Gasteiger partial charge in [-0.25, -0.2) is 0 Å². The maximum atomic E-state index is 12.5. The number of likely N-dealkylation sites (tertiary alicyclic amines) is 1. The minimum Gasteiger partial charge on any atom is -0.392 e. The summed E-state index contributed by atoms with van der Waals surface area (Å²) in [6.07, 6.45) is 6.22. The minimum absolute atomic E-state index is 0.0200. The Morgan fingerprint density at radius 2 is 1.57 bits per heavy atom. The van der Waals surface area contributed by atoms with Crippen LogP contribution in [0.5, 0.6) is 0 Å². The molecule has 3 N–H and O–H groups in total. The molecular weight excluding hydrogens is 590 g/mol. The van der Waals surface area contributed by atoms with Crippen LogP contribution >= 0.6 is 0 Å². The summed E-state index contributed by atoms with van der Waals surface area (Å²) in [6.45, 7) is 8.00. The van der Waals surface area contributed by atoms with Gasteiger partial charge in [-0.2, -0.15) is 0 Å². The van der Waals surface area contributed by atoms with E-state index >= 15 is 0 Å². The van der Waals surface area contributed by atoms with Crippen LogP contribution in [-0.2, 0) is 32.2 Å². The summed E-state index contributed by atoms with van der Waals surface area (Å²) in [5.41, 5.74) is 6.18. The van der Waals surface area contributed by atoms with Crippen LogP contribution in [-0.4, -0.2) is 54.1 Å². The van der Waals surface area contributed by atoms with E-state index in [-0.39, 0.29) is 36.5 Å². The van der Waals surface area contributed by atoms with Gasteiger partial charge in [0.2, 0.25) is 11.8 Å². The number of carbonyl (C=O) groups is 2. The molecule has 47 heavy (non-hydrogen) atoms. The molecule has 2 heterocycles. The molecule has 2 aliphatic heterocycles. The van der Waals surface area contributed by atoms with Gasteiger partial charge in [-0.15, -0.1) is 0 Å². The first kappa shape index (κ1) is 34.8. The second kappa shape index (κ2) is 17.6. The lowest BCUT2D eigenvalue weighted by Crippen LogP contribution is -2.45. The minimum atomic E-state index is -0.495. The van der Waals surface area contributed by atoms with Crippen molar-refractivity contribution in [2.75, 3.05) is 26.2 Å². The number of amides is 2. The normalized spacial score (nSPS) is 21.7. The highest BCUT2D eigenvalue weighted by atomic mass is 16.7. The first-order chi connectivity index (χ1) is 22.9. The van der Waals surface area contributed by atoms with Crippen LogP contribution in [0.2, 0.25) is 0 Å². The fourth-order valence-electron chi connectivity index (χ4n) is 6.63. The van der Waals surface area contributed by atoms with Gasteiger partial charge in [-0.05, 0) is 66.6 Å². The van der Waals surface area contributed by atoms with Gasteiger partial charge in [0, 0.05) is 44.5 Å². The van der Waals surface area contributed by atoms with Gasteiger partial charge < -0.3 is 30.1 Å². The van der Waals surface area contributed by atoms with E-state index < -0.39 is 6.29 Å². The molecule has 2 fully saturated rings. The molecule has 0 aliphatic carbocycles. The number of rotatable bonds is 14. The van der Waals surface area contributed by atoms with Crippen molar-refractivity contribution in [3.05, 3.63) is 95.1 Å². The number of unbranched alkanes of at least 4 members (excludes halogenated alkanes) is 2. The second-order valence-electron chi connectivity index (χ2n) is 13.0. The zero-order valence-electron chi connectivity index (χ0n) is 28.0. The highest BCUT2D eigenvalue weighted by Gasteiger charge is 2.39. The third kappa shape index (κ3) is 9.97. The van der Waals surface area contributed by atoms with Crippen LogP contribution in [0.25, 0.3) is 11.1 Å². The topological polar surface area (TPSA) is 100 Å². The summed E-state index contributed by atoms with van der Waals surface area (Å²) in [4.78, 5) is 26.1. The number of nitrogens with one attached hydrogen (secondary N) is 2. The Kier molecular flexibility index (Phi) is 13.0. The zero-order valence-corrected chi connectivity index (χ0v) is 28.0. The Hall–Kier alpha value is -3.56. The maximum absolute atomic E-state index is 12.5. The molecule has 2 aliphatic rings. The third-order valence-corrected chi connectivity index (χ3v) is 9.45. The fourth-order valence-corrected chi connectivity index (χ4v) is 6.63. The number of hydrogen-bond acceptors (Lipinski definition) is 6. The Balaban J connectivity index is 1.24. The molecule has 8 heteroatoms. The molecule has 4 unspecified atom stereocenters. The molecule has 0 bridgehead atoms. The van der Waals surface area contributed by atoms with Crippen molar-refractivity contribution in [2.45, 2.75) is 90.4 Å². The van der Waals surface area contributed by atoms with Crippen molar-refractivity contribution in [1.29, 1.82) is 0 Å². The van der Waals surface area contributed by atoms with E-state index in [4.69, 9.17) is 9.47 Å². The van der Waals surface area contributed by atoms with Crippen molar-refractivity contribution < 1.29 is 24.2 Å². The second-order valence-corrected chi connectivity index (χ2v) is 13.0. The van der Waals surface area contributed by atoms with Crippen LogP contribution < -0.4 is 10.6 Å². The number of benzene rings is 3. The molecule has 3 aromatic rings. The van der Waals surface area contributed by atoms with E-state index in [1.807, 2.05) is 24.3 Å². The van der Waals surface area contributed by atoms with E-state index in [1.165, 1.54) is 26.2 Å². The van der Waals surface area contributed by atoms with Gasteiger partial charge >= 0.3 is 0 Å². The molecule has 0 radical (unpaired) electrons. The summed E-state index contributed by atoms with van der Waals surface area (Å²) in [5, 5.41) is 15.4.